The van der Waals surface area contributed by atoms with E-state index in [1.807, 2.05) is 42.5 Å². The molecule has 6 heteroatoms. The average molecular weight is 331 g/mol. The van der Waals surface area contributed by atoms with E-state index in [9.17, 15) is 9.00 Å². The van der Waals surface area contributed by atoms with E-state index in [1.54, 1.807) is 12.4 Å². The number of carbonyl (C=O) groups excluding carboxylic acids is 1. The maximum absolute atomic E-state index is 11.9. The fraction of sp³-hybridized carbons (Fsp3) is 0.294. The number of carbonyl (C=O) groups is 1. The lowest BCUT2D eigenvalue weighted by Gasteiger charge is -2.07. The van der Waals surface area contributed by atoms with Crippen LogP contribution in [0, 0.1) is 0 Å². The Morgan fingerprint density at radius 2 is 1.74 bits per heavy atom. The molecule has 0 aliphatic rings. The molecule has 23 heavy (non-hydrogen) atoms. The Morgan fingerprint density at radius 1 is 1.00 bits per heavy atom. The van der Waals surface area contributed by atoms with Crippen LogP contribution in [0.5, 0.6) is 0 Å². The van der Waals surface area contributed by atoms with Crippen molar-refractivity contribution < 1.29 is 9.00 Å². The Morgan fingerprint density at radius 3 is 2.48 bits per heavy atom. The third kappa shape index (κ3) is 7.06. The quantitative estimate of drug-likeness (QED) is 0.776. The molecule has 1 atom stereocenters. The Labute approximate surface area is 139 Å². The highest BCUT2D eigenvalue weighted by Crippen LogP contribution is 2.02. The van der Waals surface area contributed by atoms with Crippen LogP contribution < -0.4 is 10.6 Å². The fourth-order valence-corrected chi connectivity index (χ4v) is 3.08. The molecule has 0 aliphatic heterocycles. The van der Waals surface area contributed by atoms with E-state index in [2.05, 4.69) is 15.6 Å². The zero-order valence-electron chi connectivity index (χ0n) is 12.9. The third-order valence-corrected chi connectivity index (χ3v) is 4.52. The monoisotopic (exact) mass is 331 g/mol. The number of benzene rings is 1. The van der Waals surface area contributed by atoms with Crippen LogP contribution in [-0.4, -0.2) is 34.1 Å². The molecule has 0 bridgehead atoms. The molecular formula is C17H21N3O2S. The van der Waals surface area contributed by atoms with Gasteiger partial charge in [0.05, 0.1) is 0 Å². The van der Waals surface area contributed by atoms with E-state index >= 15 is 0 Å². The summed E-state index contributed by atoms with van der Waals surface area (Å²) in [5.74, 6) is 0.968. The highest BCUT2D eigenvalue weighted by atomic mass is 32.2. The molecule has 0 aliphatic carbocycles. The normalized spacial score (nSPS) is 11.7. The predicted molar refractivity (Wildman–Crippen MR) is 92.5 cm³/mol. The molecule has 1 aromatic carbocycles. The number of rotatable bonds is 8. The Kier molecular flexibility index (Phi) is 7.26. The molecule has 2 aromatic rings. The minimum Gasteiger partial charge on any atom is -0.338 e. The SMILES string of the molecule is O=C(NCCc1cccnc1)NCCS(=O)Cc1ccccc1. The minimum absolute atomic E-state index is 0.231. The van der Waals surface area contributed by atoms with Crippen molar-refractivity contribution in [2.45, 2.75) is 12.2 Å². The summed E-state index contributed by atoms with van der Waals surface area (Å²) in [5, 5.41) is 5.50. The van der Waals surface area contributed by atoms with Crippen molar-refractivity contribution in [3.63, 3.8) is 0 Å². The van der Waals surface area contributed by atoms with Crippen LogP contribution in [-0.2, 0) is 23.0 Å². The molecule has 2 rings (SSSR count). The van der Waals surface area contributed by atoms with E-state index in [0.717, 1.165) is 17.5 Å². The van der Waals surface area contributed by atoms with Crippen LogP contribution in [0.1, 0.15) is 11.1 Å². The predicted octanol–water partition coefficient (Wildman–Crippen LogP) is 1.87. The molecule has 1 heterocycles. The van der Waals surface area contributed by atoms with Gasteiger partial charge in [0.25, 0.3) is 0 Å². The first-order valence-electron chi connectivity index (χ1n) is 7.53. The fourth-order valence-electron chi connectivity index (χ4n) is 2.04. The van der Waals surface area contributed by atoms with Crippen LogP contribution in [0.3, 0.4) is 0 Å². The van der Waals surface area contributed by atoms with Crippen LogP contribution >= 0.6 is 0 Å². The van der Waals surface area contributed by atoms with Gasteiger partial charge in [-0.25, -0.2) is 4.79 Å². The van der Waals surface area contributed by atoms with E-state index in [1.165, 1.54) is 0 Å². The van der Waals surface area contributed by atoms with Gasteiger partial charge in [-0.1, -0.05) is 36.4 Å². The summed E-state index contributed by atoms with van der Waals surface area (Å²) in [6.07, 6.45) is 4.24. The van der Waals surface area contributed by atoms with Gasteiger partial charge in [-0.15, -0.1) is 0 Å². The average Bonchev–Trinajstić information content (AvgIpc) is 2.57. The zero-order valence-corrected chi connectivity index (χ0v) is 13.7. The lowest BCUT2D eigenvalue weighted by Crippen LogP contribution is -2.38. The molecule has 0 saturated carbocycles. The molecule has 122 valence electrons. The largest absolute Gasteiger partial charge is 0.338 e. The Hall–Kier alpha value is -2.21. The van der Waals surface area contributed by atoms with E-state index in [-0.39, 0.29) is 6.03 Å². The molecule has 0 fully saturated rings. The third-order valence-electron chi connectivity index (χ3n) is 3.21. The van der Waals surface area contributed by atoms with Gasteiger partial charge in [-0.05, 0) is 23.6 Å². The minimum atomic E-state index is -0.974. The zero-order chi connectivity index (χ0) is 16.3. The molecular weight excluding hydrogens is 310 g/mol. The number of hydrogen-bond acceptors (Lipinski definition) is 3. The summed E-state index contributed by atoms with van der Waals surface area (Å²) < 4.78 is 11.9. The van der Waals surface area contributed by atoms with Crippen molar-refractivity contribution in [2.24, 2.45) is 0 Å². The molecule has 0 saturated heterocycles. The first-order valence-corrected chi connectivity index (χ1v) is 9.02. The highest BCUT2D eigenvalue weighted by Gasteiger charge is 2.04. The maximum atomic E-state index is 11.9. The number of nitrogens with zero attached hydrogens (tertiary/aromatic N) is 1. The van der Waals surface area contributed by atoms with Crippen molar-refractivity contribution in [1.29, 1.82) is 0 Å². The van der Waals surface area contributed by atoms with Gasteiger partial charge in [0, 0.05) is 47.8 Å². The second-order valence-electron chi connectivity index (χ2n) is 5.07. The smallest absolute Gasteiger partial charge is 0.314 e. The second kappa shape index (κ2) is 9.74. The standard InChI is InChI=1S/C17H21N3O2S/c21-17(19-10-8-15-7-4-9-18-13-15)20-11-12-23(22)14-16-5-2-1-3-6-16/h1-7,9,13H,8,10-12,14H2,(H2,19,20,21). The van der Waals surface area contributed by atoms with Gasteiger partial charge < -0.3 is 10.6 Å². The molecule has 0 spiro atoms. The van der Waals surface area contributed by atoms with Crippen molar-refractivity contribution in [2.75, 3.05) is 18.8 Å². The van der Waals surface area contributed by atoms with Crippen LogP contribution in [0.2, 0.25) is 0 Å². The van der Waals surface area contributed by atoms with Crippen molar-refractivity contribution in [3.8, 4) is 0 Å². The van der Waals surface area contributed by atoms with Crippen molar-refractivity contribution in [1.82, 2.24) is 15.6 Å². The molecule has 1 unspecified atom stereocenters. The van der Waals surface area contributed by atoms with Crippen LogP contribution in [0.15, 0.2) is 54.9 Å². The molecule has 1 aromatic heterocycles. The lowest BCUT2D eigenvalue weighted by molar-refractivity contribution is 0.241. The summed E-state index contributed by atoms with van der Waals surface area (Å²) >= 11 is 0. The van der Waals surface area contributed by atoms with Gasteiger partial charge >= 0.3 is 6.03 Å². The van der Waals surface area contributed by atoms with Crippen molar-refractivity contribution >= 4 is 16.8 Å². The summed E-state index contributed by atoms with van der Waals surface area (Å²) in [6.45, 7) is 0.947. The molecule has 2 N–H and O–H groups in total. The first-order chi connectivity index (χ1) is 11.2. The number of nitrogens with one attached hydrogen (secondary N) is 2. The number of hydrogen-bond donors (Lipinski definition) is 2. The van der Waals surface area contributed by atoms with Crippen molar-refractivity contribution in [3.05, 3.63) is 66.0 Å². The van der Waals surface area contributed by atoms with E-state index in [4.69, 9.17) is 0 Å². The number of urea groups is 1. The van der Waals surface area contributed by atoms with Gasteiger partial charge in [-0.2, -0.15) is 0 Å². The van der Waals surface area contributed by atoms with Gasteiger partial charge in [0.2, 0.25) is 0 Å². The molecule has 2 amide bonds. The van der Waals surface area contributed by atoms with Crippen LogP contribution in [0.25, 0.3) is 0 Å². The number of aromatic nitrogens is 1. The summed E-state index contributed by atoms with van der Waals surface area (Å²) in [7, 11) is -0.974. The number of amides is 2. The van der Waals surface area contributed by atoms with Gasteiger partial charge in [0.1, 0.15) is 0 Å². The topological polar surface area (TPSA) is 71.1 Å². The summed E-state index contributed by atoms with van der Waals surface area (Å²) in [4.78, 5) is 15.7. The summed E-state index contributed by atoms with van der Waals surface area (Å²) in [5.41, 5.74) is 2.13. The molecule has 5 nitrogen and oxygen atoms in total. The number of pyridine rings is 1. The van der Waals surface area contributed by atoms with Gasteiger partial charge in [-0.3, -0.25) is 9.19 Å². The summed E-state index contributed by atoms with van der Waals surface area (Å²) in [6, 6.07) is 13.3. The van der Waals surface area contributed by atoms with E-state index in [0.29, 0.717) is 24.6 Å². The van der Waals surface area contributed by atoms with Crippen LogP contribution in [0.4, 0.5) is 4.79 Å². The van der Waals surface area contributed by atoms with E-state index < -0.39 is 10.8 Å². The Balaban J connectivity index is 1.56. The highest BCUT2D eigenvalue weighted by molar-refractivity contribution is 7.84. The second-order valence-corrected chi connectivity index (χ2v) is 6.64. The van der Waals surface area contributed by atoms with Gasteiger partial charge in [0.15, 0.2) is 0 Å². The molecule has 0 radical (unpaired) electrons. The maximum Gasteiger partial charge on any atom is 0.314 e. The Bertz CT molecular complexity index is 620. The first kappa shape index (κ1) is 17.1. The lowest BCUT2D eigenvalue weighted by atomic mass is 10.2.